The van der Waals surface area contributed by atoms with Crippen molar-refractivity contribution in [2.24, 2.45) is 0 Å². The summed E-state index contributed by atoms with van der Waals surface area (Å²) in [5.74, 6) is 0. The first-order valence-corrected chi connectivity index (χ1v) is 21.1. The molecule has 0 aromatic heterocycles. The largest absolute Gasteiger partial charge is 0.355 e. The SMILES string of the molecule is c1ccc(-c2ccc(-c3ccc(N(c4ccccc4)c4cccc(-c5cccc(N6C7c8ccccc8SC7C7Sc8ccccc8C76)c5)c4)cc3)cc2)cc1. The van der Waals surface area contributed by atoms with E-state index in [0.29, 0.717) is 22.6 Å². The number of anilines is 4. The fourth-order valence-corrected chi connectivity index (χ4v) is 12.3. The van der Waals surface area contributed by atoms with E-state index in [1.165, 1.54) is 60.0 Å². The van der Waals surface area contributed by atoms with Crippen LogP contribution in [0.25, 0.3) is 33.4 Å². The maximum absolute atomic E-state index is 2.76. The Bertz CT molecular complexity index is 2620. The van der Waals surface area contributed by atoms with Gasteiger partial charge in [-0.2, -0.15) is 0 Å². The van der Waals surface area contributed by atoms with Gasteiger partial charge in [-0.05, 0) is 105 Å². The monoisotopic (exact) mass is 754 g/mol. The summed E-state index contributed by atoms with van der Waals surface area (Å²) in [6.07, 6.45) is 0. The minimum Gasteiger partial charge on any atom is -0.355 e. The molecule has 0 amide bonds. The van der Waals surface area contributed by atoms with E-state index in [9.17, 15) is 0 Å². The van der Waals surface area contributed by atoms with E-state index in [2.05, 4.69) is 240 Å². The van der Waals surface area contributed by atoms with Crippen LogP contribution in [-0.4, -0.2) is 10.5 Å². The van der Waals surface area contributed by atoms with Gasteiger partial charge in [-0.1, -0.05) is 146 Å². The standard InChI is InChI=1S/C52H38N2S2/c1-3-13-35(14-4-1)36-25-27-37(28-26-36)38-29-31-42(32-30-38)53(41-17-5-2-6-18-41)43-19-11-15-39(33-43)40-16-12-20-44(34-40)54-49-45-21-7-9-23-47(45)55-51(49)52-50(54)46-22-8-10-24-48(46)56-52/h1-34,49-52H. The molecule has 4 unspecified atom stereocenters. The van der Waals surface area contributed by atoms with Crippen LogP contribution in [0.2, 0.25) is 0 Å². The lowest BCUT2D eigenvalue weighted by Gasteiger charge is -2.32. The minimum atomic E-state index is 0.340. The molecule has 0 bridgehead atoms. The molecule has 0 spiro atoms. The zero-order valence-corrected chi connectivity index (χ0v) is 32.3. The van der Waals surface area contributed by atoms with E-state index in [1.807, 2.05) is 0 Å². The second kappa shape index (κ2) is 14.0. The van der Waals surface area contributed by atoms with Crippen molar-refractivity contribution in [1.82, 2.24) is 0 Å². The molecule has 2 nitrogen and oxygen atoms in total. The van der Waals surface area contributed by atoms with Gasteiger partial charge in [0, 0.05) is 43.0 Å². The predicted molar refractivity (Wildman–Crippen MR) is 238 cm³/mol. The van der Waals surface area contributed by atoms with Crippen molar-refractivity contribution in [3.63, 3.8) is 0 Å². The molecule has 4 heteroatoms. The average Bonchev–Trinajstić information content (AvgIpc) is 3.93. The van der Waals surface area contributed by atoms with Crippen LogP contribution in [0, 0.1) is 0 Å². The Morgan fingerprint density at radius 3 is 1.38 bits per heavy atom. The molecular weight excluding hydrogens is 717 g/mol. The average molecular weight is 755 g/mol. The van der Waals surface area contributed by atoms with Crippen LogP contribution < -0.4 is 9.80 Å². The van der Waals surface area contributed by atoms with Gasteiger partial charge < -0.3 is 9.80 Å². The normalized spacial score (nSPS) is 18.9. The molecule has 3 aliphatic heterocycles. The number of benzene rings is 8. The number of thioether (sulfide) groups is 2. The summed E-state index contributed by atoms with van der Waals surface area (Å²) in [7, 11) is 0. The molecule has 0 radical (unpaired) electrons. The lowest BCUT2D eigenvalue weighted by atomic mass is 9.99. The molecule has 0 aliphatic carbocycles. The van der Waals surface area contributed by atoms with E-state index < -0.39 is 0 Å². The van der Waals surface area contributed by atoms with E-state index in [-0.39, 0.29) is 0 Å². The van der Waals surface area contributed by atoms with Crippen LogP contribution in [-0.2, 0) is 0 Å². The molecule has 8 aromatic carbocycles. The third-order valence-electron chi connectivity index (χ3n) is 11.6. The molecule has 8 aromatic rings. The van der Waals surface area contributed by atoms with E-state index in [4.69, 9.17) is 0 Å². The van der Waals surface area contributed by atoms with Crippen molar-refractivity contribution in [2.45, 2.75) is 32.4 Å². The van der Waals surface area contributed by atoms with Gasteiger partial charge in [-0.25, -0.2) is 0 Å². The highest BCUT2D eigenvalue weighted by Crippen LogP contribution is 2.65. The number of nitrogens with zero attached hydrogens (tertiary/aromatic N) is 2. The van der Waals surface area contributed by atoms with Gasteiger partial charge in [0.2, 0.25) is 0 Å². The summed E-state index contributed by atoms with van der Waals surface area (Å²) in [5, 5.41) is 1.00. The second-order valence-corrected chi connectivity index (χ2v) is 17.2. The zero-order valence-electron chi connectivity index (χ0n) is 30.7. The fraction of sp³-hybridized carbons (Fsp3) is 0.0769. The number of para-hydroxylation sites is 1. The first-order valence-electron chi connectivity index (χ1n) is 19.4. The highest BCUT2D eigenvalue weighted by molar-refractivity contribution is 8.04. The van der Waals surface area contributed by atoms with Crippen LogP contribution in [0.15, 0.2) is 216 Å². The van der Waals surface area contributed by atoms with Crippen LogP contribution in [0.3, 0.4) is 0 Å². The summed E-state index contributed by atoms with van der Waals surface area (Å²) in [6.45, 7) is 0. The van der Waals surface area contributed by atoms with Crippen molar-refractivity contribution in [1.29, 1.82) is 0 Å². The van der Waals surface area contributed by atoms with E-state index >= 15 is 0 Å². The second-order valence-electron chi connectivity index (χ2n) is 14.8. The third kappa shape index (κ3) is 5.75. The Hall–Kier alpha value is -5.94. The number of hydrogen-bond donors (Lipinski definition) is 0. The van der Waals surface area contributed by atoms with Crippen molar-refractivity contribution < 1.29 is 0 Å². The van der Waals surface area contributed by atoms with Gasteiger partial charge in [-0.15, -0.1) is 23.5 Å². The molecule has 1 saturated heterocycles. The third-order valence-corrected chi connectivity index (χ3v) is 14.7. The maximum atomic E-state index is 2.76. The Morgan fingerprint density at radius 1 is 0.339 bits per heavy atom. The molecule has 1 fully saturated rings. The summed E-state index contributed by atoms with van der Waals surface area (Å²) in [6, 6.07) is 76.3. The lowest BCUT2D eigenvalue weighted by molar-refractivity contribution is 0.675. The maximum Gasteiger partial charge on any atom is 0.0694 e. The Labute approximate surface area is 337 Å². The van der Waals surface area contributed by atoms with Gasteiger partial charge in [0.05, 0.1) is 12.1 Å². The van der Waals surface area contributed by atoms with Gasteiger partial charge in [0.15, 0.2) is 0 Å². The van der Waals surface area contributed by atoms with Crippen molar-refractivity contribution in [3.05, 3.63) is 217 Å². The Balaban J connectivity index is 0.941. The van der Waals surface area contributed by atoms with Crippen molar-refractivity contribution >= 4 is 46.3 Å². The van der Waals surface area contributed by atoms with Crippen molar-refractivity contribution in [3.8, 4) is 33.4 Å². The highest BCUT2D eigenvalue weighted by atomic mass is 32.2. The molecule has 3 aliphatic rings. The van der Waals surface area contributed by atoms with Gasteiger partial charge >= 0.3 is 0 Å². The molecule has 0 N–H and O–H groups in total. The molecule has 0 saturated carbocycles. The van der Waals surface area contributed by atoms with Crippen LogP contribution in [0.1, 0.15) is 23.2 Å². The quantitative estimate of drug-likeness (QED) is 0.160. The highest BCUT2D eigenvalue weighted by Gasteiger charge is 2.57. The molecule has 268 valence electrons. The Morgan fingerprint density at radius 2 is 0.768 bits per heavy atom. The summed E-state index contributed by atoms with van der Waals surface area (Å²) >= 11 is 4.17. The predicted octanol–water partition coefficient (Wildman–Crippen LogP) is 14.4. The van der Waals surface area contributed by atoms with Gasteiger partial charge in [0.1, 0.15) is 0 Å². The number of rotatable bonds is 7. The van der Waals surface area contributed by atoms with Gasteiger partial charge in [-0.3, -0.25) is 0 Å². The van der Waals surface area contributed by atoms with E-state index in [0.717, 1.165) is 17.1 Å². The minimum absolute atomic E-state index is 0.340. The first-order chi connectivity index (χ1) is 27.8. The smallest absolute Gasteiger partial charge is 0.0694 e. The zero-order chi connectivity index (χ0) is 37.0. The van der Waals surface area contributed by atoms with Crippen LogP contribution in [0.5, 0.6) is 0 Å². The molecular formula is C52H38N2S2. The summed E-state index contributed by atoms with van der Waals surface area (Å²) in [5.41, 5.74) is 14.9. The Kier molecular flexibility index (Phi) is 8.33. The summed E-state index contributed by atoms with van der Waals surface area (Å²) < 4.78 is 0. The molecule has 3 heterocycles. The number of hydrogen-bond acceptors (Lipinski definition) is 4. The van der Waals surface area contributed by atoms with Crippen molar-refractivity contribution in [2.75, 3.05) is 9.80 Å². The lowest BCUT2D eigenvalue weighted by Crippen LogP contribution is -2.27. The molecule has 4 atom stereocenters. The first kappa shape index (κ1) is 33.4. The number of fused-ring (bicyclic) bond motifs is 7. The topological polar surface area (TPSA) is 6.48 Å². The molecule has 56 heavy (non-hydrogen) atoms. The fourth-order valence-electron chi connectivity index (χ4n) is 9.03. The van der Waals surface area contributed by atoms with E-state index in [1.54, 1.807) is 0 Å². The summed E-state index contributed by atoms with van der Waals surface area (Å²) in [4.78, 5) is 7.99. The van der Waals surface area contributed by atoms with Crippen LogP contribution in [0.4, 0.5) is 22.7 Å². The van der Waals surface area contributed by atoms with Crippen LogP contribution >= 0.6 is 23.5 Å². The molecule has 11 rings (SSSR count). The van der Waals surface area contributed by atoms with Gasteiger partial charge in [0.25, 0.3) is 0 Å².